The summed E-state index contributed by atoms with van der Waals surface area (Å²) in [7, 11) is 0. The number of rotatable bonds is 20. The van der Waals surface area contributed by atoms with E-state index in [1.807, 2.05) is 0 Å². The van der Waals surface area contributed by atoms with Crippen LogP contribution in [0.3, 0.4) is 0 Å². The van der Waals surface area contributed by atoms with Crippen molar-refractivity contribution in [3.05, 3.63) is 12.2 Å². The lowest BCUT2D eigenvalue weighted by Gasteiger charge is -1.99. The number of carboxylic acids is 1. The van der Waals surface area contributed by atoms with Crippen LogP contribution in [-0.4, -0.2) is 34.5 Å². The molecule has 0 amide bonds. The number of allylic oxidation sites excluding steroid dienone is 2. The summed E-state index contributed by atoms with van der Waals surface area (Å²) < 4.78 is 0. The summed E-state index contributed by atoms with van der Waals surface area (Å²) in [5.41, 5.74) is 0. The molecule has 0 spiro atoms. The van der Waals surface area contributed by atoms with E-state index in [0.717, 1.165) is 38.5 Å². The molecule has 0 aromatic rings. The van der Waals surface area contributed by atoms with Crippen LogP contribution < -0.4 is 0 Å². The molecule has 0 radical (unpaired) electrons. The van der Waals surface area contributed by atoms with Gasteiger partial charge in [0.15, 0.2) is 0 Å². The van der Waals surface area contributed by atoms with Crippen molar-refractivity contribution in [3.8, 4) is 0 Å². The van der Waals surface area contributed by atoms with Gasteiger partial charge in [0.05, 0.1) is 0 Å². The molecule has 168 valence electrons. The lowest BCUT2D eigenvalue weighted by Crippen LogP contribution is -1.93. The second-order valence-corrected chi connectivity index (χ2v) is 7.59. The maximum atomic E-state index is 10.3. The van der Waals surface area contributed by atoms with Crippen LogP contribution in [0.5, 0.6) is 0 Å². The third-order valence-electron chi connectivity index (χ3n) is 4.72. The lowest BCUT2D eigenvalue weighted by atomic mass is 10.1. The fourth-order valence-corrected chi connectivity index (χ4v) is 2.92. The predicted octanol–water partition coefficient (Wildman–Crippen LogP) is 6.64. The summed E-state index contributed by atoms with van der Waals surface area (Å²) in [5.74, 6) is -0.664. The first-order valence-corrected chi connectivity index (χ1v) is 11.8. The van der Waals surface area contributed by atoms with Gasteiger partial charge < -0.3 is 15.3 Å². The molecule has 0 saturated heterocycles. The Morgan fingerprint density at radius 3 is 1.43 bits per heavy atom. The summed E-state index contributed by atoms with van der Waals surface area (Å²) in [5, 5.41) is 25.1. The van der Waals surface area contributed by atoms with Gasteiger partial charge in [0.25, 0.3) is 0 Å². The van der Waals surface area contributed by atoms with E-state index in [2.05, 4.69) is 19.1 Å². The van der Waals surface area contributed by atoms with Crippen molar-refractivity contribution in [1.29, 1.82) is 0 Å². The minimum atomic E-state index is -0.664. The highest BCUT2D eigenvalue weighted by Crippen LogP contribution is 2.09. The molecule has 3 N–H and O–H groups in total. The molecule has 0 rings (SSSR count). The van der Waals surface area contributed by atoms with Crippen molar-refractivity contribution in [1.82, 2.24) is 0 Å². The molecule has 0 atom stereocenters. The largest absolute Gasteiger partial charge is 0.481 e. The topological polar surface area (TPSA) is 77.8 Å². The van der Waals surface area contributed by atoms with Gasteiger partial charge in [0.1, 0.15) is 0 Å². The van der Waals surface area contributed by atoms with E-state index < -0.39 is 5.97 Å². The van der Waals surface area contributed by atoms with Crippen LogP contribution in [-0.2, 0) is 4.79 Å². The molecular weight excluding hydrogens is 352 g/mol. The van der Waals surface area contributed by atoms with Gasteiger partial charge in [-0.25, -0.2) is 0 Å². The van der Waals surface area contributed by atoms with Crippen molar-refractivity contribution in [2.24, 2.45) is 0 Å². The van der Waals surface area contributed by atoms with E-state index in [-0.39, 0.29) is 13.2 Å². The van der Waals surface area contributed by atoms with Gasteiger partial charge in [-0.3, -0.25) is 4.79 Å². The zero-order valence-corrected chi connectivity index (χ0v) is 18.5. The molecule has 0 bridgehead atoms. The van der Waals surface area contributed by atoms with E-state index >= 15 is 0 Å². The Hall–Kier alpha value is -0.870. The van der Waals surface area contributed by atoms with Crippen LogP contribution in [0, 0.1) is 0 Å². The fourth-order valence-electron chi connectivity index (χ4n) is 2.92. The molecule has 0 heterocycles. The summed E-state index contributed by atoms with van der Waals surface area (Å²) in [6, 6.07) is 0. The molecule has 0 aromatic carbocycles. The number of aliphatic hydroxyl groups excluding tert-OH is 2. The Morgan fingerprint density at radius 2 is 1.00 bits per heavy atom. The quantitative estimate of drug-likeness (QED) is 0.158. The standard InChI is InChI=1S/C18H34O2.C6H14O2/c1-2-3-4-5-6-7-8-9-10-11-12-13-14-15-16-17-18(19)20;7-5-3-1-2-4-6-8/h9-10H,2-8,11-17H2,1H3,(H,19,20);7-8H,1-6H2. The highest BCUT2D eigenvalue weighted by Gasteiger charge is 1.95. The Labute approximate surface area is 174 Å². The van der Waals surface area contributed by atoms with Crippen LogP contribution in [0.4, 0.5) is 0 Å². The van der Waals surface area contributed by atoms with Gasteiger partial charge >= 0.3 is 5.97 Å². The van der Waals surface area contributed by atoms with E-state index in [0.29, 0.717) is 6.42 Å². The van der Waals surface area contributed by atoms with Crippen molar-refractivity contribution >= 4 is 5.97 Å². The number of aliphatic hydroxyl groups is 2. The Kier molecular flexibility index (Phi) is 29.7. The van der Waals surface area contributed by atoms with Gasteiger partial charge in [-0.05, 0) is 44.9 Å². The fraction of sp³-hybridized carbons (Fsp3) is 0.875. The molecule has 0 aliphatic rings. The molecule has 0 fully saturated rings. The van der Waals surface area contributed by atoms with E-state index in [1.165, 1.54) is 70.6 Å². The number of carboxylic acid groups (broad SMARTS) is 1. The van der Waals surface area contributed by atoms with Crippen LogP contribution in [0.2, 0.25) is 0 Å². The lowest BCUT2D eigenvalue weighted by molar-refractivity contribution is -0.137. The third kappa shape index (κ3) is 32.8. The zero-order valence-electron chi connectivity index (χ0n) is 18.5. The number of hydrogen-bond acceptors (Lipinski definition) is 3. The van der Waals surface area contributed by atoms with Gasteiger partial charge in [0.2, 0.25) is 0 Å². The maximum Gasteiger partial charge on any atom is 0.303 e. The van der Waals surface area contributed by atoms with Crippen molar-refractivity contribution in [2.75, 3.05) is 13.2 Å². The molecule has 0 aliphatic heterocycles. The summed E-state index contributed by atoms with van der Waals surface area (Å²) >= 11 is 0. The average molecular weight is 401 g/mol. The molecule has 4 heteroatoms. The smallest absolute Gasteiger partial charge is 0.303 e. The van der Waals surface area contributed by atoms with Gasteiger partial charge in [-0.2, -0.15) is 0 Å². The first-order chi connectivity index (χ1) is 13.7. The van der Waals surface area contributed by atoms with Crippen molar-refractivity contribution < 1.29 is 20.1 Å². The van der Waals surface area contributed by atoms with Crippen LogP contribution in [0.1, 0.15) is 122 Å². The maximum absolute atomic E-state index is 10.3. The zero-order chi connectivity index (χ0) is 21.1. The first-order valence-electron chi connectivity index (χ1n) is 11.8. The molecule has 0 aliphatic carbocycles. The summed E-state index contributed by atoms with van der Waals surface area (Å²) in [4.78, 5) is 10.3. The minimum absolute atomic E-state index is 0.283. The molecule has 0 aromatic heterocycles. The van der Waals surface area contributed by atoms with E-state index in [4.69, 9.17) is 15.3 Å². The predicted molar refractivity (Wildman–Crippen MR) is 120 cm³/mol. The molecule has 28 heavy (non-hydrogen) atoms. The van der Waals surface area contributed by atoms with Crippen LogP contribution in [0.15, 0.2) is 12.2 Å². The Balaban J connectivity index is 0. The summed E-state index contributed by atoms with van der Waals surface area (Å²) in [6.45, 7) is 2.83. The Bertz CT molecular complexity index is 310. The monoisotopic (exact) mass is 400 g/mol. The molecular formula is C24H48O4. The van der Waals surface area contributed by atoms with Crippen molar-refractivity contribution in [2.45, 2.75) is 122 Å². The van der Waals surface area contributed by atoms with E-state index in [9.17, 15) is 4.79 Å². The van der Waals surface area contributed by atoms with Crippen molar-refractivity contribution in [3.63, 3.8) is 0 Å². The highest BCUT2D eigenvalue weighted by molar-refractivity contribution is 5.66. The normalized spacial score (nSPS) is 10.8. The molecule has 4 nitrogen and oxygen atoms in total. The SMILES string of the molecule is CCCCCCCCC=CCCCCCCCC(=O)O.OCCCCCCO. The van der Waals surface area contributed by atoms with Gasteiger partial charge in [-0.15, -0.1) is 0 Å². The minimum Gasteiger partial charge on any atom is -0.481 e. The molecule has 0 saturated carbocycles. The average Bonchev–Trinajstić information content (AvgIpc) is 2.68. The number of aliphatic carboxylic acids is 1. The van der Waals surface area contributed by atoms with Gasteiger partial charge in [-0.1, -0.05) is 83.3 Å². The number of unbranched alkanes of at least 4 members (excludes halogenated alkanes) is 14. The third-order valence-corrected chi connectivity index (χ3v) is 4.72. The molecule has 0 unspecified atom stereocenters. The Morgan fingerprint density at radius 1 is 0.607 bits per heavy atom. The number of carbonyl (C=O) groups is 1. The second-order valence-electron chi connectivity index (χ2n) is 7.59. The highest BCUT2D eigenvalue weighted by atomic mass is 16.4. The van der Waals surface area contributed by atoms with Crippen LogP contribution >= 0.6 is 0 Å². The van der Waals surface area contributed by atoms with E-state index in [1.54, 1.807) is 0 Å². The second kappa shape index (κ2) is 28.3. The van der Waals surface area contributed by atoms with Crippen LogP contribution in [0.25, 0.3) is 0 Å². The van der Waals surface area contributed by atoms with Gasteiger partial charge in [0, 0.05) is 19.6 Å². The summed E-state index contributed by atoms with van der Waals surface area (Å²) in [6.07, 6.45) is 25.1. The number of hydrogen-bond donors (Lipinski definition) is 3. The first kappa shape index (κ1) is 29.3.